The number of nitrogens with one attached hydrogen (secondary N) is 2. The molecule has 0 radical (unpaired) electrons. The highest BCUT2D eigenvalue weighted by molar-refractivity contribution is 7.92. The van der Waals surface area contributed by atoms with E-state index in [0.717, 1.165) is 16.4 Å². The number of hydrogen-bond donors (Lipinski definition) is 2. The van der Waals surface area contributed by atoms with E-state index in [1.165, 1.54) is 12.1 Å². The number of carbonyl (C=O) groups is 1. The van der Waals surface area contributed by atoms with Gasteiger partial charge in [-0.05, 0) is 54.6 Å². The van der Waals surface area contributed by atoms with Crippen LogP contribution in [0.5, 0.6) is 0 Å². The molecule has 1 aromatic heterocycles. The summed E-state index contributed by atoms with van der Waals surface area (Å²) in [6.07, 6.45) is 0. The smallest absolute Gasteiger partial charge is 0.261 e. The normalized spacial score (nSPS) is 11.5. The Labute approximate surface area is 184 Å². The van der Waals surface area contributed by atoms with Crippen LogP contribution in [0.15, 0.2) is 106 Å². The summed E-state index contributed by atoms with van der Waals surface area (Å²) in [6, 6.07) is 27.6. The first-order chi connectivity index (χ1) is 15.5. The first kappa shape index (κ1) is 19.8. The minimum atomic E-state index is -3.69. The van der Waals surface area contributed by atoms with E-state index in [2.05, 4.69) is 10.0 Å². The van der Waals surface area contributed by atoms with Crippen molar-refractivity contribution in [2.75, 3.05) is 10.0 Å². The molecule has 5 rings (SSSR count). The van der Waals surface area contributed by atoms with Crippen molar-refractivity contribution < 1.29 is 17.6 Å². The lowest BCUT2D eigenvalue weighted by Gasteiger charge is -2.09. The van der Waals surface area contributed by atoms with Gasteiger partial charge in [-0.15, -0.1) is 0 Å². The Morgan fingerprint density at radius 3 is 2.12 bits per heavy atom. The summed E-state index contributed by atoms with van der Waals surface area (Å²) < 4.78 is 33.2. The standard InChI is InChI=1S/C25H18N2O4S/c28-25(26-19-14-15-22-21-8-4-5-9-23(21)31-24(22)16-19)17-10-12-18(13-11-17)27-32(29,30)20-6-2-1-3-7-20/h1-16,27H,(H,26,28). The highest BCUT2D eigenvalue weighted by Crippen LogP contribution is 2.30. The fraction of sp³-hybridized carbons (Fsp3) is 0. The number of benzene rings is 4. The number of anilines is 2. The number of fused-ring (bicyclic) bond motifs is 3. The van der Waals surface area contributed by atoms with Gasteiger partial charge in [0, 0.05) is 33.8 Å². The predicted molar refractivity (Wildman–Crippen MR) is 125 cm³/mol. The molecule has 0 aliphatic rings. The van der Waals surface area contributed by atoms with Crippen molar-refractivity contribution in [2.24, 2.45) is 0 Å². The number of rotatable bonds is 5. The summed E-state index contributed by atoms with van der Waals surface area (Å²) in [6.45, 7) is 0. The van der Waals surface area contributed by atoms with Gasteiger partial charge >= 0.3 is 0 Å². The molecule has 0 bridgehead atoms. The lowest BCUT2D eigenvalue weighted by molar-refractivity contribution is 0.102. The van der Waals surface area contributed by atoms with E-state index < -0.39 is 10.0 Å². The maximum absolute atomic E-state index is 12.7. The van der Waals surface area contributed by atoms with Gasteiger partial charge in [0.1, 0.15) is 11.2 Å². The van der Waals surface area contributed by atoms with Crippen LogP contribution in [0.1, 0.15) is 10.4 Å². The summed E-state index contributed by atoms with van der Waals surface area (Å²) in [7, 11) is -3.69. The first-order valence-electron chi connectivity index (χ1n) is 9.90. The van der Waals surface area contributed by atoms with E-state index in [4.69, 9.17) is 4.42 Å². The zero-order chi connectivity index (χ0) is 22.1. The number of hydrogen-bond acceptors (Lipinski definition) is 4. The molecule has 0 aliphatic heterocycles. The summed E-state index contributed by atoms with van der Waals surface area (Å²) in [5.41, 5.74) is 2.86. The zero-order valence-corrected chi connectivity index (χ0v) is 17.6. The molecule has 0 atom stereocenters. The van der Waals surface area contributed by atoms with Crippen molar-refractivity contribution in [3.63, 3.8) is 0 Å². The topological polar surface area (TPSA) is 88.4 Å². The molecule has 1 heterocycles. The van der Waals surface area contributed by atoms with Crippen LogP contribution in [0.2, 0.25) is 0 Å². The first-order valence-corrected chi connectivity index (χ1v) is 11.4. The van der Waals surface area contributed by atoms with Gasteiger partial charge in [-0.25, -0.2) is 8.42 Å². The molecule has 7 heteroatoms. The fourth-order valence-electron chi connectivity index (χ4n) is 3.51. The van der Waals surface area contributed by atoms with E-state index in [9.17, 15) is 13.2 Å². The van der Waals surface area contributed by atoms with Gasteiger partial charge in [-0.3, -0.25) is 9.52 Å². The number of furan rings is 1. The van der Waals surface area contributed by atoms with Gasteiger partial charge in [-0.2, -0.15) is 0 Å². The second-order valence-corrected chi connectivity index (χ2v) is 8.94. The largest absolute Gasteiger partial charge is 0.456 e. The van der Waals surface area contributed by atoms with E-state index in [1.54, 1.807) is 48.5 Å². The molecule has 5 aromatic rings. The van der Waals surface area contributed by atoms with Crippen LogP contribution < -0.4 is 10.0 Å². The number of amides is 1. The molecule has 0 saturated carbocycles. The van der Waals surface area contributed by atoms with Crippen LogP contribution in [-0.2, 0) is 10.0 Å². The van der Waals surface area contributed by atoms with Crippen molar-refractivity contribution in [1.29, 1.82) is 0 Å². The van der Waals surface area contributed by atoms with Gasteiger partial charge in [0.25, 0.3) is 15.9 Å². The predicted octanol–water partition coefficient (Wildman–Crippen LogP) is 5.64. The molecule has 2 N–H and O–H groups in total. The maximum Gasteiger partial charge on any atom is 0.261 e. The highest BCUT2D eigenvalue weighted by Gasteiger charge is 2.14. The van der Waals surface area contributed by atoms with Gasteiger partial charge in [0.05, 0.1) is 4.90 Å². The summed E-state index contributed by atoms with van der Waals surface area (Å²) in [4.78, 5) is 12.8. The minimum absolute atomic E-state index is 0.169. The third-order valence-electron chi connectivity index (χ3n) is 5.09. The van der Waals surface area contributed by atoms with Crippen LogP contribution in [0.25, 0.3) is 21.9 Å². The third-order valence-corrected chi connectivity index (χ3v) is 6.49. The number of para-hydroxylation sites is 1. The average Bonchev–Trinajstić information content (AvgIpc) is 3.17. The van der Waals surface area contributed by atoms with Gasteiger partial charge in [-0.1, -0.05) is 36.4 Å². The molecule has 0 aliphatic carbocycles. The second kappa shape index (κ2) is 7.86. The highest BCUT2D eigenvalue weighted by atomic mass is 32.2. The molecule has 0 saturated heterocycles. The molecular weight excluding hydrogens is 424 g/mol. The van der Waals surface area contributed by atoms with Crippen LogP contribution in [0.4, 0.5) is 11.4 Å². The van der Waals surface area contributed by atoms with Gasteiger partial charge in [0.2, 0.25) is 0 Å². The molecular formula is C25H18N2O4S. The molecule has 158 valence electrons. The van der Waals surface area contributed by atoms with E-state index in [-0.39, 0.29) is 10.8 Å². The van der Waals surface area contributed by atoms with Crippen LogP contribution in [-0.4, -0.2) is 14.3 Å². The van der Waals surface area contributed by atoms with E-state index in [1.807, 2.05) is 36.4 Å². The van der Waals surface area contributed by atoms with Crippen molar-refractivity contribution in [1.82, 2.24) is 0 Å². The van der Waals surface area contributed by atoms with Gasteiger partial charge < -0.3 is 9.73 Å². The Kier molecular flexibility index (Phi) is 4.88. The zero-order valence-electron chi connectivity index (χ0n) is 16.8. The van der Waals surface area contributed by atoms with Gasteiger partial charge in [0.15, 0.2) is 0 Å². The van der Waals surface area contributed by atoms with Crippen LogP contribution in [0.3, 0.4) is 0 Å². The Bertz CT molecular complexity index is 1540. The minimum Gasteiger partial charge on any atom is -0.456 e. The Hall–Kier alpha value is -4.10. The third kappa shape index (κ3) is 3.81. The Morgan fingerprint density at radius 2 is 1.34 bits per heavy atom. The van der Waals surface area contributed by atoms with E-state index in [0.29, 0.717) is 22.5 Å². The van der Waals surface area contributed by atoms with E-state index >= 15 is 0 Å². The summed E-state index contributed by atoms with van der Waals surface area (Å²) in [5, 5.41) is 4.85. The molecule has 0 fully saturated rings. The average molecular weight is 442 g/mol. The molecule has 4 aromatic carbocycles. The fourth-order valence-corrected chi connectivity index (χ4v) is 4.59. The number of sulfonamides is 1. The lowest BCUT2D eigenvalue weighted by atomic mass is 10.1. The Balaban J connectivity index is 1.32. The molecule has 0 unspecified atom stereocenters. The van der Waals surface area contributed by atoms with Crippen LogP contribution >= 0.6 is 0 Å². The molecule has 1 amide bonds. The maximum atomic E-state index is 12.7. The van der Waals surface area contributed by atoms with Crippen molar-refractivity contribution >= 4 is 49.2 Å². The Morgan fingerprint density at radius 1 is 0.688 bits per heavy atom. The quantitative estimate of drug-likeness (QED) is 0.369. The second-order valence-electron chi connectivity index (χ2n) is 7.26. The monoisotopic (exact) mass is 442 g/mol. The number of carbonyl (C=O) groups excluding carboxylic acids is 1. The molecule has 0 spiro atoms. The lowest BCUT2D eigenvalue weighted by Crippen LogP contribution is -2.14. The van der Waals surface area contributed by atoms with Crippen molar-refractivity contribution in [3.8, 4) is 0 Å². The summed E-state index contributed by atoms with van der Waals surface area (Å²) in [5.74, 6) is -0.307. The van der Waals surface area contributed by atoms with Crippen molar-refractivity contribution in [2.45, 2.75) is 4.90 Å². The summed E-state index contributed by atoms with van der Waals surface area (Å²) >= 11 is 0. The molecule has 6 nitrogen and oxygen atoms in total. The van der Waals surface area contributed by atoms with Crippen molar-refractivity contribution in [3.05, 3.63) is 103 Å². The molecule has 32 heavy (non-hydrogen) atoms. The van der Waals surface area contributed by atoms with Crippen LogP contribution in [0, 0.1) is 0 Å². The SMILES string of the molecule is O=C(Nc1ccc2c(c1)oc1ccccc12)c1ccc(NS(=O)(=O)c2ccccc2)cc1.